The van der Waals surface area contributed by atoms with E-state index in [1.165, 1.54) is 0 Å². The first-order valence-electron chi connectivity index (χ1n) is 5.68. The molecule has 0 bridgehead atoms. The van der Waals surface area contributed by atoms with Gasteiger partial charge in [-0.3, -0.25) is 4.52 Å². The van der Waals surface area contributed by atoms with E-state index >= 15 is 0 Å². The molecule has 2 heterocycles. The Balaban J connectivity index is 1.90. The van der Waals surface area contributed by atoms with Gasteiger partial charge in [0.25, 0.3) is 0 Å². The molecule has 0 spiro atoms. The molecule has 0 aliphatic carbocycles. The summed E-state index contributed by atoms with van der Waals surface area (Å²) < 4.78 is 15.6. The Morgan fingerprint density at radius 3 is 2.94 bits per heavy atom. The summed E-state index contributed by atoms with van der Waals surface area (Å²) in [6.45, 7) is 6.67. The number of aromatic nitrogens is 3. The average Bonchev–Trinajstić information content (AvgIpc) is 2.95. The van der Waals surface area contributed by atoms with Crippen LogP contribution in [0.2, 0.25) is 0 Å². The second kappa shape index (κ2) is 5.92. The summed E-state index contributed by atoms with van der Waals surface area (Å²) in [7, 11) is 0. The zero-order chi connectivity index (χ0) is 13.0. The van der Waals surface area contributed by atoms with Gasteiger partial charge in [0.15, 0.2) is 5.82 Å². The van der Waals surface area contributed by atoms with Gasteiger partial charge in [0.05, 0.1) is 5.69 Å². The van der Waals surface area contributed by atoms with E-state index in [0.29, 0.717) is 19.0 Å². The molecule has 18 heavy (non-hydrogen) atoms. The van der Waals surface area contributed by atoms with Gasteiger partial charge in [-0.2, -0.15) is 4.98 Å². The van der Waals surface area contributed by atoms with Crippen molar-refractivity contribution in [2.75, 3.05) is 6.61 Å². The minimum Gasteiger partial charge on any atom is -0.442 e. The fraction of sp³-hybridized carbons (Fsp3) is 0.545. The van der Waals surface area contributed by atoms with Gasteiger partial charge in [0, 0.05) is 12.0 Å². The second-order valence-corrected chi connectivity index (χ2v) is 4.56. The second-order valence-electron chi connectivity index (χ2n) is 3.67. The minimum atomic E-state index is 0.0133. The lowest BCUT2D eigenvalue weighted by Crippen LogP contribution is -2.00. The number of nitrogens with zero attached hydrogens (tertiary/aromatic N) is 3. The third-order valence-electron chi connectivity index (χ3n) is 2.19. The standard InChI is InChI=1S/C11H15N3O3S/c1-4-15-7(2)10-13-9(6-18-10)5-16-11-12-8(3)14-17-11/h6-7H,4-5H2,1-3H3. The SMILES string of the molecule is CCOC(C)c1nc(COc2nc(C)no2)cs1. The van der Waals surface area contributed by atoms with Crippen molar-refractivity contribution in [1.29, 1.82) is 0 Å². The molecule has 6 nitrogen and oxygen atoms in total. The molecule has 0 aliphatic heterocycles. The molecule has 0 aliphatic rings. The normalized spacial score (nSPS) is 12.6. The number of aryl methyl sites for hydroxylation is 1. The Morgan fingerprint density at radius 2 is 2.28 bits per heavy atom. The van der Waals surface area contributed by atoms with Crippen LogP contribution in [0.25, 0.3) is 0 Å². The lowest BCUT2D eigenvalue weighted by atomic mass is 10.4. The van der Waals surface area contributed by atoms with Gasteiger partial charge in [-0.25, -0.2) is 4.98 Å². The monoisotopic (exact) mass is 269 g/mol. The Hall–Kier alpha value is -1.47. The molecular formula is C11H15N3O3S. The van der Waals surface area contributed by atoms with Crippen molar-refractivity contribution in [3.8, 4) is 6.08 Å². The Bertz CT molecular complexity index is 497. The molecule has 1 atom stereocenters. The van der Waals surface area contributed by atoms with Crippen molar-refractivity contribution in [3.63, 3.8) is 0 Å². The lowest BCUT2D eigenvalue weighted by Gasteiger charge is -2.06. The fourth-order valence-electron chi connectivity index (χ4n) is 1.37. The number of rotatable bonds is 6. The van der Waals surface area contributed by atoms with Crippen molar-refractivity contribution in [1.82, 2.24) is 15.1 Å². The third-order valence-corrected chi connectivity index (χ3v) is 3.24. The van der Waals surface area contributed by atoms with E-state index < -0.39 is 0 Å². The molecule has 2 rings (SSSR count). The Morgan fingerprint density at radius 1 is 1.44 bits per heavy atom. The first kappa shape index (κ1) is 13.0. The molecule has 0 amide bonds. The largest absolute Gasteiger partial charge is 0.442 e. The van der Waals surface area contributed by atoms with E-state index in [2.05, 4.69) is 15.1 Å². The average molecular weight is 269 g/mol. The third kappa shape index (κ3) is 3.27. The fourth-order valence-corrected chi connectivity index (χ4v) is 2.18. The van der Waals surface area contributed by atoms with Crippen molar-refractivity contribution >= 4 is 11.3 Å². The van der Waals surface area contributed by atoms with E-state index in [1.807, 2.05) is 19.2 Å². The quantitative estimate of drug-likeness (QED) is 0.802. The summed E-state index contributed by atoms with van der Waals surface area (Å²) in [6, 6.07) is 0. The van der Waals surface area contributed by atoms with Gasteiger partial charge in [-0.1, -0.05) is 5.16 Å². The molecule has 98 valence electrons. The highest BCUT2D eigenvalue weighted by Gasteiger charge is 2.11. The van der Waals surface area contributed by atoms with Crippen molar-refractivity contribution < 1.29 is 14.0 Å². The van der Waals surface area contributed by atoms with Crippen LogP contribution in [0.15, 0.2) is 9.90 Å². The highest BCUT2D eigenvalue weighted by Crippen LogP contribution is 2.21. The van der Waals surface area contributed by atoms with Gasteiger partial charge in [0.2, 0.25) is 0 Å². The molecule has 2 aromatic heterocycles. The van der Waals surface area contributed by atoms with E-state index in [1.54, 1.807) is 18.3 Å². The molecule has 0 saturated heterocycles. The summed E-state index contributed by atoms with van der Waals surface area (Å²) in [5.74, 6) is 0.550. The Labute approximate surface area is 109 Å². The topological polar surface area (TPSA) is 70.3 Å². The number of hydrogen-bond acceptors (Lipinski definition) is 7. The number of ether oxygens (including phenoxy) is 2. The van der Waals surface area contributed by atoms with E-state index in [0.717, 1.165) is 10.7 Å². The van der Waals surface area contributed by atoms with E-state index in [9.17, 15) is 0 Å². The predicted octanol–water partition coefficient (Wildman–Crippen LogP) is 2.51. The maximum Gasteiger partial charge on any atom is 0.417 e. The van der Waals surface area contributed by atoms with Gasteiger partial charge < -0.3 is 9.47 Å². The van der Waals surface area contributed by atoms with Crippen LogP contribution >= 0.6 is 11.3 Å². The van der Waals surface area contributed by atoms with E-state index in [-0.39, 0.29) is 12.2 Å². The molecule has 0 saturated carbocycles. The number of thiazole rings is 1. The lowest BCUT2D eigenvalue weighted by molar-refractivity contribution is 0.0759. The maximum absolute atomic E-state index is 5.47. The van der Waals surface area contributed by atoms with Crippen LogP contribution in [-0.2, 0) is 11.3 Å². The van der Waals surface area contributed by atoms with Crippen LogP contribution < -0.4 is 4.74 Å². The highest BCUT2D eigenvalue weighted by atomic mass is 32.1. The van der Waals surface area contributed by atoms with Gasteiger partial charge in [0.1, 0.15) is 17.7 Å². The molecule has 1 unspecified atom stereocenters. The van der Waals surface area contributed by atoms with Gasteiger partial charge in [-0.15, -0.1) is 11.3 Å². The number of hydrogen-bond donors (Lipinski definition) is 0. The van der Waals surface area contributed by atoms with Crippen LogP contribution in [0.5, 0.6) is 6.08 Å². The molecule has 2 aromatic rings. The van der Waals surface area contributed by atoms with E-state index in [4.69, 9.17) is 14.0 Å². The predicted molar refractivity (Wildman–Crippen MR) is 65.5 cm³/mol. The summed E-state index contributed by atoms with van der Waals surface area (Å²) >= 11 is 1.56. The molecule has 0 fully saturated rings. The Kier molecular flexibility index (Phi) is 4.27. The van der Waals surface area contributed by atoms with Crippen molar-refractivity contribution in [2.45, 2.75) is 33.5 Å². The molecule has 0 radical (unpaired) electrons. The summed E-state index contributed by atoms with van der Waals surface area (Å²) in [6.07, 6.45) is 0.180. The zero-order valence-corrected chi connectivity index (χ0v) is 11.4. The van der Waals surface area contributed by atoms with Gasteiger partial charge in [-0.05, 0) is 20.8 Å². The van der Waals surface area contributed by atoms with Crippen LogP contribution in [0.3, 0.4) is 0 Å². The molecule has 0 aromatic carbocycles. The summed E-state index contributed by atoms with van der Waals surface area (Å²) in [5, 5.41) is 6.52. The van der Waals surface area contributed by atoms with Crippen molar-refractivity contribution in [2.24, 2.45) is 0 Å². The molecule has 0 N–H and O–H groups in total. The maximum atomic E-state index is 5.47. The smallest absolute Gasteiger partial charge is 0.417 e. The van der Waals surface area contributed by atoms with Crippen LogP contribution in [-0.4, -0.2) is 21.7 Å². The summed E-state index contributed by atoms with van der Waals surface area (Å²) in [4.78, 5) is 8.38. The summed E-state index contributed by atoms with van der Waals surface area (Å²) in [5.41, 5.74) is 0.831. The van der Waals surface area contributed by atoms with Crippen molar-refractivity contribution in [3.05, 3.63) is 21.9 Å². The van der Waals surface area contributed by atoms with Crippen LogP contribution in [0.1, 0.15) is 36.5 Å². The van der Waals surface area contributed by atoms with Crippen LogP contribution in [0, 0.1) is 6.92 Å². The van der Waals surface area contributed by atoms with Crippen LogP contribution in [0.4, 0.5) is 0 Å². The minimum absolute atomic E-state index is 0.0133. The molecular weight excluding hydrogens is 254 g/mol. The highest BCUT2D eigenvalue weighted by molar-refractivity contribution is 7.09. The first-order valence-corrected chi connectivity index (χ1v) is 6.56. The van der Waals surface area contributed by atoms with Gasteiger partial charge >= 0.3 is 6.08 Å². The first-order chi connectivity index (χ1) is 8.69. The zero-order valence-electron chi connectivity index (χ0n) is 10.5. The molecule has 7 heteroatoms.